The molecule has 220 valence electrons. The van der Waals surface area contributed by atoms with Crippen molar-refractivity contribution < 1.29 is 13.3 Å². The van der Waals surface area contributed by atoms with E-state index in [4.69, 9.17) is 13.3 Å². The molecule has 11 heteroatoms. The molecule has 1 aliphatic heterocycles. The summed E-state index contributed by atoms with van der Waals surface area (Å²) in [5.74, 6) is 0. The standard InChI is InChI=1S/C27H54N2O5SSi3/c1-10-36(11-2,12-3)32-21-22-24(33-37(13-4,14-5)15-6)25(34-38(16-7,17-8)18-9)26(35-22)29-20-19-23(30)28-27(29)31/h19-20,22,24-26H,10-18,21H2,1-9H3,(H,28,30,31)/t22-,24-,25-,26-/m1/s1. The molecule has 7 nitrogen and oxygen atoms in total. The lowest BCUT2D eigenvalue weighted by molar-refractivity contribution is 0.0285. The first-order chi connectivity index (χ1) is 18.1. The van der Waals surface area contributed by atoms with E-state index in [1.807, 2.05) is 0 Å². The summed E-state index contributed by atoms with van der Waals surface area (Å²) in [6, 6.07) is 11.0. The van der Waals surface area contributed by atoms with E-state index in [0.29, 0.717) is 6.61 Å². The number of hydrogen-bond donors (Lipinski definition) is 1. The fraction of sp³-hybridized carbons (Fsp3) is 0.852. The SMILES string of the molecule is CC[Si](CC)(CC)OC[C@H]1S[C@@H](n2ccc(=O)[nH]c2=O)[C@H](O[Si](CC)(CC)CC)[C@@H]1O[Si](CC)(CC)CC. The van der Waals surface area contributed by atoms with Gasteiger partial charge in [-0.1, -0.05) is 62.3 Å². The number of nitrogens with zero attached hydrogens (tertiary/aromatic N) is 1. The molecule has 1 aliphatic rings. The summed E-state index contributed by atoms with van der Waals surface area (Å²) in [5, 5.41) is -0.207. The molecule has 0 unspecified atom stereocenters. The van der Waals surface area contributed by atoms with Gasteiger partial charge in [-0.05, 0) is 54.4 Å². The van der Waals surface area contributed by atoms with Gasteiger partial charge in [0.2, 0.25) is 0 Å². The van der Waals surface area contributed by atoms with Crippen LogP contribution in [0.15, 0.2) is 21.9 Å². The summed E-state index contributed by atoms with van der Waals surface area (Å²) in [6.07, 6.45) is 1.22. The fourth-order valence-electron chi connectivity index (χ4n) is 5.85. The van der Waals surface area contributed by atoms with Crippen LogP contribution in [0.4, 0.5) is 0 Å². The minimum Gasteiger partial charge on any atom is -0.416 e. The molecule has 1 N–H and O–H groups in total. The molecule has 1 aromatic heterocycles. The second-order valence-electron chi connectivity index (χ2n) is 10.8. The third-order valence-electron chi connectivity index (χ3n) is 9.54. The summed E-state index contributed by atoms with van der Waals surface area (Å²) in [6.45, 7) is 20.9. The lowest BCUT2D eigenvalue weighted by Gasteiger charge is -2.41. The van der Waals surface area contributed by atoms with E-state index in [0.717, 1.165) is 54.4 Å². The lowest BCUT2D eigenvalue weighted by atomic mass is 10.1. The van der Waals surface area contributed by atoms with Gasteiger partial charge in [0, 0.05) is 18.9 Å². The van der Waals surface area contributed by atoms with Gasteiger partial charge in [0.15, 0.2) is 25.0 Å². The second kappa shape index (κ2) is 15.0. The Balaban J connectivity index is 2.64. The number of hydrogen-bond acceptors (Lipinski definition) is 6. The van der Waals surface area contributed by atoms with Gasteiger partial charge in [-0.25, -0.2) is 4.79 Å². The zero-order valence-electron chi connectivity index (χ0n) is 25.4. The highest BCUT2D eigenvalue weighted by atomic mass is 32.2. The Kier molecular flexibility index (Phi) is 13.3. The zero-order chi connectivity index (χ0) is 28.6. The quantitative estimate of drug-likeness (QED) is 0.194. The van der Waals surface area contributed by atoms with Gasteiger partial charge in [-0.2, -0.15) is 0 Å². The highest BCUT2D eigenvalue weighted by Crippen LogP contribution is 2.48. The van der Waals surface area contributed by atoms with Crippen LogP contribution >= 0.6 is 11.8 Å². The molecule has 0 radical (unpaired) electrons. The zero-order valence-corrected chi connectivity index (χ0v) is 29.2. The maximum absolute atomic E-state index is 13.1. The van der Waals surface area contributed by atoms with Crippen molar-refractivity contribution in [3.63, 3.8) is 0 Å². The number of aromatic amines is 1. The van der Waals surface area contributed by atoms with Gasteiger partial charge in [0.05, 0.1) is 11.4 Å². The molecule has 0 aliphatic carbocycles. The maximum atomic E-state index is 13.1. The van der Waals surface area contributed by atoms with Crippen LogP contribution in [0.2, 0.25) is 54.4 Å². The maximum Gasteiger partial charge on any atom is 0.329 e. The van der Waals surface area contributed by atoms with Crippen LogP contribution in [0.1, 0.15) is 67.7 Å². The normalized spacial score (nSPS) is 22.8. The second-order valence-corrected chi connectivity index (χ2v) is 26.4. The molecule has 2 rings (SSSR count). The molecular formula is C27H54N2O5SSi3. The number of H-pyrrole nitrogens is 1. The van der Waals surface area contributed by atoms with Crippen LogP contribution < -0.4 is 11.2 Å². The fourth-order valence-corrected chi connectivity index (χ4v) is 16.1. The van der Waals surface area contributed by atoms with Gasteiger partial charge in [0.1, 0.15) is 11.5 Å². The highest BCUT2D eigenvalue weighted by Gasteiger charge is 2.52. The van der Waals surface area contributed by atoms with E-state index in [2.05, 4.69) is 67.3 Å². The van der Waals surface area contributed by atoms with Crippen molar-refractivity contribution in [2.45, 2.75) is 140 Å². The average molecular weight is 603 g/mol. The van der Waals surface area contributed by atoms with Crippen molar-refractivity contribution in [2.75, 3.05) is 6.61 Å². The number of nitrogens with one attached hydrogen (secondary N) is 1. The van der Waals surface area contributed by atoms with Crippen molar-refractivity contribution in [1.29, 1.82) is 0 Å². The minimum absolute atomic E-state index is 0.0640. The van der Waals surface area contributed by atoms with Gasteiger partial charge in [0.25, 0.3) is 5.56 Å². The van der Waals surface area contributed by atoms with Crippen molar-refractivity contribution in [2.24, 2.45) is 0 Å². The van der Waals surface area contributed by atoms with Crippen LogP contribution in [0.25, 0.3) is 0 Å². The Labute approximate surface area is 238 Å². The topological polar surface area (TPSA) is 82.6 Å². The summed E-state index contributed by atoms with van der Waals surface area (Å²) in [5.41, 5.74) is -0.761. The Morgan fingerprint density at radius 3 is 1.61 bits per heavy atom. The molecule has 2 heterocycles. The lowest BCUT2D eigenvalue weighted by Crippen LogP contribution is -2.53. The van der Waals surface area contributed by atoms with E-state index in [9.17, 15) is 9.59 Å². The predicted octanol–water partition coefficient (Wildman–Crippen LogP) is 6.95. The molecular weight excluding hydrogens is 549 g/mol. The van der Waals surface area contributed by atoms with Crippen LogP contribution in [-0.4, -0.2) is 58.6 Å². The largest absolute Gasteiger partial charge is 0.416 e. The van der Waals surface area contributed by atoms with Crippen molar-refractivity contribution in [3.8, 4) is 0 Å². The Morgan fingerprint density at radius 1 is 0.737 bits per heavy atom. The average Bonchev–Trinajstić information content (AvgIpc) is 3.27. The van der Waals surface area contributed by atoms with E-state index in [1.165, 1.54) is 6.07 Å². The van der Waals surface area contributed by atoms with E-state index >= 15 is 0 Å². The molecule has 0 saturated carbocycles. The molecule has 1 aromatic rings. The molecule has 0 aromatic carbocycles. The number of aromatic nitrogens is 2. The van der Waals surface area contributed by atoms with Crippen molar-refractivity contribution in [1.82, 2.24) is 9.55 Å². The molecule has 1 fully saturated rings. The first-order valence-corrected chi connectivity index (χ1v) is 23.6. The van der Waals surface area contributed by atoms with Crippen LogP contribution in [-0.2, 0) is 13.3 Å². The monoisotopic (exact) mass is 602 g/mol. The van der Waals surface area contributed by atoms with Crippen LogP contribution in [0.5, 0.6) is 0 Å². The van der Waals surface area contributed by atoms with E-state index in [1.54, 1.807) is 22.5 Å². The van der Waals surface area contributed by atoms with Gasteiger partial charge in [-0.3, -0.25) is 14.3 Å². The summed E-state index contributed by atoms with van der Waals surface area (Å²) in [7, 11) is -5.85. The summed E-state index contributed by atoms with van der Waals surface area (Å²) < 4.78 is 23.1. The predicted molar refractivity (Wildman–Crippen MR) is 169 cm³/mol. The Morgan fingerprint density at radius 2 is 1.18 bits per heavy atom. The van der Waals surface area contributed by atoms with Gasteiger partial charge in [-0.15, -0.1) is 11.8 Å². The van der Waals surface area contributed by atoms with Crippen LogP contribution in [0.3, 0.4) is 0 Å². The van der Waals surface area contributed by atoms with E-state index in [-0.39, 0.29) is 34.1 Å². The van der Waals surface area contributed by atoms with Crippen molar-refractivity contribution >= 4 is 36.7 Å². The molecule has 1 saturated heterocycles. The van der Waals surface area contributed by atoms with Gasteiger partial charge < -0.3 is 13.3 Å². The van der Waals surface area contributed by atoms with Gasteiger partial charge >= 0.3 is 5.69 Å². The first kappa shape index (κ1) is 33.8. The Hall–Kier alpha value is -0.439. The molecule has 0 bridgehead atoms. The molecule has 38 heavy (non-hydrogen) atoms. The Bertz CT molecular complexity index is 938. The molecule has 0 amide bonds. The third kappa shape index (κ3) is 7.44. The third-order valence-corrected chi connectivity index (χ3v) is 25.0. The number of thioether (sulfide) groups is 1. The summed E-state index contributed by atoms with van der Waals surface area (Å²) >= 11 is 1.75. The molecule has 4 atom stereocenters. The van der Waals surface area contributed by atoms with Crippen molar-refractivity contribution in [3.05, 3.63) is 33.1 Å². The minimum atomic E-state index is -2.04. The first-order valence-electron chi connectivity index (χ1n) is 15.1. The van der Waals surface area contributed by atoms with E-state index < -0.39 is 25.0 Å². The number of rotatable bonds is 17. The molecule has 0 spiro atoms. The summed E-state index contributed by atoms with van der Waals surface area (Å²) in [4.78, 5) is 27.5. The van der Waals surface area contributed by atoms with Crippen LogP contribution in [0, 0.1) is 0 Å². The smallest absolute Gasteiger partial charge is 0.329 e. The highest BCUT2D eigenvalue weighted by molar-refractivity contribution is 8.00.